The second-order valence-corrected chi connectivity index (χ2v) is 7.65. The maximum Gasteiger partial charge on any atom is 0.332 e. The Morgan fingerprint density at radius 3 is 2.34 bits per heavy atom. The molecule has 0 N–H and O–H groups in total. The molecule has 3 heterocycles. The molecule has 0 aliphatic carbocycles. The van der Waals surface area contributed by atoms with Crippen LogP contribution in [-0.2, 0) is 24.9 Å². The van der Waals surface area contributed by atoms with Crippen LogP contribution in [0.4, 0.5) is 0 Å². The highest BCUT2D eigenvalue weighted by Crippen LogP contribution is 2.20. The molecule has 0 spiro atoms. The summed E-state index contributed by atoms with van der Waals surface area (Å²) in [5.41, 5.74) is 2.45. The van der Waals surface area contributed by atoms with E-state index in [4.69, 9.17) is 9.47 Å². The van der Waals surface area contributed by atoms with Crippen molar-refractivity contribution >= 4 is 11.2 Å². The Labute approximate surface area is 184 Å². The number of methoxy groups -OCH3 is 2. The molecule has 0 unspecified atom stereocenters. The van der Waals surface area contributed by atoms with Crippen molar-refractivity contribution in [1.29, 1.82) is 0 Å². The summed E-state index contributed by atoms with van der Waals surface area (Å²) in [5, 5.41) is 4.56. The highest BCUT2D eigenvalue weighted by Gasteiger charge is 2.22. The van der Waals surface area contributed by atoms with Crippen LogP contribution in [-0.4, -0.2) is 49.3 Å². The molecular weight excluding hydrogens is 412 g/mol. The number of hydrogen-bond acceptors (Lipinski definition) is 6. The average molecular weight is 438 g/mol. The fourth-order valence-corrected chi connectivity index (χ4v) is 3.80. The fraction of sp³-hybridized carbons (Fsp3) is 0.364. The van der Waals surface area contributed by atoms with Gasteiger partial charge in [0.2, 0.25) is 5.95 Å². The molecule has 0 atom stereocenters. The molecule has 0 aliphatic heterocycles. The van der Waals surface area contributed by atoms with E-state index in [1.807, 2.05) is 48.7 Å². The molecule has 1 aromatic carbocycles. The molecule has 4 rings (SSSR count). The van der Waals surface area contributed by atoms with Crippen LogP contribution < -0.4 is 16.0 Å². The summed E-state index contributed by atoms with van der Waals surface area (Å²) < 4.78 is 16.4. The molecule has 0 bridgehead atoms. The van der Waals surface area contributed by atoms with Crippen LogP contribution in [0, 0.1) is 13.8 Å². The summed E-state index contributed by atoms with van der Waals surface area (Å²) >= 11 is 0. The largest absolute Gasteiger partial charge is 0.497 e. The second kappa shape index (κ2) is 8.46. The predicted molar refractivity (Wildman–Crippen MR) is 120 cm³/mol. The van der Waals surface area contributed by atoms with Crippen LogP contribution in [0.15, 0.2) is 39.9 Å². The van der Waals surface area contributed by atoms with E-state index in [1.54, 1.807) is 18.8 Å². The number of hydrogen-bond donors (Lipinski definition) is 0. The quantitative estimate of drug-likeness (QED) is 0.433. The van der Waals surface area contributed by atoms with Crippen molar-refractivity contribution in [3.05, 3.63) is 68.1 Å². The number of benzene rings is 1. The van der Waals surface area contributed by atoms with Gasteiger partial charge in [-0.3, -0.25) is 18.5 Å². The lowest BCUT2D eigenvalue weighted by Crippen LogP contribution is -2.40. The van der Waals surface area contributed by atoms with Gasteiger partial charge < -0.3 is 9.47 Å². The molecule has 0 radical (unpaired) electrons. The zero-order valence-electron chi connectivity index (χ0n) is 18.8. The van der Waals surface area contributed by atoms with Gasteiger partial charge in [-0.15, -0.1) is 0 Å². The normalized spacial score (nSPS) is 11.4. The third kappa shape index (κ3) is 3.62. The van der Waals surface area contributed by atoms with Gasteiger partial charge in [-0.2, -0.15) is 10.1 Å². The molecule has 4 aromatic rings. The Morgan fingerprint density at radius 2 is 1.75 bits per heavy atom. The summed E-state index contributed by atoms with van der Waals surface area (Å²) in [7, 11) is 4.76. The minimum Gasteiger partial charge on any atom is -0.497 e. The first-order chi connectivity index (χ1) is 15.3. The number of ether oxygens (including phenoxy) is 2. The van der Waals surface area contributed by atoms with Gasteiger partial charge in [0.05, 0.1) is 32.5 Å². The van der Waals surface area contributed by atoms with Crippen molar-refractivity contribution in [2.45, 2.75) is 26.9 Å². The SMILES string of the molecule is COCCn1c(=O)c2c(nc(-n3nc(C)cc3C)n2Cc2ccc(OC)cc2)n(C)c1=O. The van der Waals surface area contributed by atoms with Crippen LogP contribution in [0.1, 0.15) is 17.0 Å². The molecule has 32 heavy (non-hydrogen) atoms. The minimum absolute atomic E-state index is 0.154. The van der Waals surface area contributed by atoms with E-state index in [0.29, 0.717) is 23.7 Å². The van der Waals surface area contributed by atoms with Crippen LogP contribution in [0.5, 0.6) is 5.75 Å². The van der Waals surface area contributed by atoms with Crippen molar-refractivity contribution in [2.75, 3.05) is 20.8 Å². The molecule has 10 nitrogen and oxygen atoms in total. The standard InChI is InChI=1S/C22H26N6O4/c1-14-12-15(2)28(24-14)21-23-19-18(20(29)26(10-11-31-4)22(30)25(19)3)27(21)13-16-6-8-17(32-5)9-7-16/h6-9,12H,10-11,13H2,1-5H3. The fourth-order valence-electron chi connectivity index (χ4n) is 3.80. The number of nitrogens with zero attached hydrogens (tertiary/aromatic N) is 6. The summed E-state index contributed by atoms with van der Waals surface area (Å²) in [5.74, 6) is 1.21. The molecule has 3 aromatic heterocycles. The van der Waals surface area contributed by atoms with Crippen molar-refractivity contribution in [3.63, 3.8) is 0 Å². The zero-order valence-corrected chi connectivity index (χ0v) is 18.8. The molecule has 0 fully saturated rings. The van der Waals surface area contributed by atoms with Crippen LogP contribution in [0.3, 0.4) is 0 Å². The number of aromatic nitrogens is 6. The van der Waals surface area contributed by atoms with Gasteiger partial charge in [-0.25, -0.2) is 9.48 Å². The van der Waals surface area contributed by atoms with Crippen molar-refractivity contribution < 1.29 is 9.47 Å². The van der Waals surface area contributed by atoms with Gasteiger partial charge in [-0.05, 0) is 37.6 Å². The van der Waals surface area contributed by atoms with Gasteiger partial charge in [0, 0.05) is 19.9 Å². The van der Waals surface area contributed by atoms with Crippen LogP contribution >= 0.6 is 0 Å². The van der Waals surface area contributed by atoms with Crippen molar-refractivity contribution in [3.8, 4) is 11.7 Å². The lowest BCUT2D eigenvalue weighted by Gasteiger charge is -2.12. The molecule has 0 saturated carbocycles. The first-order valence-electron chi connectivity index (χ1n) is 10.2. The van der Waals surface area contributed by atoms with Crippen LogP contribution in [0.2, 0.25) is 0 Å². The lowest BCUT2D eigenvalue weighted by molar-refractivity contribution is 0.184. The second-order valence-electron chi connectivity index (χ2n) is 7.65. The Morgan fingerprint density at radius 1 is 1.03 bits per heavy atom. The molecule has 0 saturated heterocycles. The average Bonchev–Trinajstić information content (AvgIpc) is 3.32. The van der Waals surface area contributed by atoms with Gasteiger partial charge in [0.1, 0.15) is 5.75 Å². The van der Waals surface area contributed by atoms with E-state index in [2.05, 4.69) is 10.1 Å². The smallest absolute Gasteiger partial charge is 0.332 e. The third-order valence-corrected chi connectivity index (χ3v) is 5.43. The highest BCUT2D eigenvalue weighted by molar-refractivity contribution is 5.73. The van der Waals surface area contributed by atoms with Crippen molar-refractivity contribution in [1.82, 2.24) is 28.5 Å². The topological polar surface area (TPSA) is 98.1 Å². The number of imidazole rings is 1. The molecular formula is C22H26N6O4. The Balaban J connectivity index is 2.01. The molecule has 0 amide bonds. The first-order valence-corrected chi connectivity index (χ1v) is 10.2. The molecule has 0 aliphatic rings. The summed E-state index contributed by atoms with van der Waals surface area (Å²) in [6.07, 6.45) is 0. The lowest BCUT2D eigenvalue weighted by atomic mass is 10.2. The monoisotopic (exact) mass is 438 g/mol. The summed E-state index contributed by atoms with van der Waals surface area (Å²) in [6, 6.07) is 9.53. The van der Waals surface area contributed by atoms with Gasteiger partial charge in [-0.1, -0.05) is 12.1 Å². The van der Waals surface area contributed by atoms with Crippen LogP contribution in [0.25, 0.3) is 17.1 Å². The van der Waals surface area contributed by atoms with Gasteiger partial charge in [0.25, 0.3) is 5.56 Å². The molecule has 168 valence electrons. The maximum absolute atomic E-state index is 13.4. The van der Waals surface area contributed by atoms with E-state index >= 15 is 0 Å². The Hall–Kier alpha value is -3.66. The van der Waals surface area contributed by atoms with Gasteiger partial charge in [0.15, 0.2) is 11.2 Å². The maximum atomic E-state index is 13.4. The Bertz CT molecular complexity index is 1390. The zero-order chi connectivity index (χ0) is 23.0. The van der Waals surface area contributed by atoms with E-state index in [1.165, 1.54) is 16.2 Å². The van der Waals surface area contributed by atoms with E-state index in [0.717, 1.165) is 22.7 Å². The van der Waals surface area contributed by atoms with E-state index in [-0.39, 0.29) is 13.2 Å². The summed E-state index contributed by atoms with van der Waals surface area (Å²) in [4.78, 5) is 31.0. The minimum atomic E-state index is -0.437. The van der Waals surface area contributed by atoms with Crippen molar-refractivity contribution in [2.24, 2.45) is 7.05 Å². The number of rotatable bonds is 7. The van der Waals surface area contributed by atoms with E-state index < -0.39 is 11.2 Å². The molecule has 10 heteroatoms. The highest BCUT2D eigenvalue weighted by atomic mass is 16.5. The predicted octanol–water partition coefficient (Wildman–Crippen LogP) is 1.40. The third-order valence-electron chi connectivity index (χ3n) is 5.43. The summed E-state index contributed by atoms with van der Waals surface area (Å²) in [6.45, 7) is 4.59. The number of aryl methyl sites for hydroxylation is 3. The van der Waals surface area contributed by atoms with E-state index in [9.17, 15) is 9.59 Å². The number of fused-ring (bicyclic) bond motifs is 1. The Kier molecular flexibility index (Phi) is 5.70. The van der Waals surface area contributed by atoms with Gasteiger partial charge >= 0.3 is 5.69 Å². The first kappa shape index (κ1) is 21.6.